The molecular weight excluding hydrogens is 562 g/mol. The zero-order valence-electron chi connectivity index (χ0n) is 26.0. The number of amides is 1. The lowest BCUT2D eigenvalue weighted by atomic mass is 9.95. The average molecular weight is 606 g/mol. The van der Waals surface area contributed by atoms with Crippen LogP contribution in [0.25, 0.3) is 0 Å². The van der Waals surface area contributed by atoms with Crippen LogP contribution in [0.2, 0.25) is 0 Å². The molecular formula is C35H43NO8. The number of carbonyl (C=O) groups is 3. The lowest BCUT2D eigenvalue weighted by Gasteiger charge is -2.22. The Kier molecular flexibility index (Phi) is 14.1. The number of hydrogen-bond donors (Lipinski definition) is 1. The van der Waals surface area contributed by atoms with Gasteiger partial charge in [0.1, 0.15) is 23.9 Å². The predicted molar refractivity (Wildman–Crippen MR) is 167 cm³/mol. The van der Waals surface area contributed by atoms with Crippen LogP contribution in [0.1, 0.15) is 72.2 Å². The molecule has 0 radical (unpaired) electrons. The molecule has 1 amide bonds. The summed E-state index contributed by atoms with van der Waals surface area (Å²) in [5.41, 5.74) is 1.31. The number of carbonyl (C=O) groups excluding carboxylic acids is 3. The van der Waals surface area contributed by atoms with Gasteiger partial charge in [0.05, 0.1) is 44.5 Å². The van der Waals surface area contributed by atoms with Gasteiger partial charge in [0.25, 0.3) is 5.91 Å². The normalized spacial score (nSPS) is 12.0. The number of hydrogen-bond acceptors (Lipinski definition) is 8. The van der Waals surface area contributed by atoms with Crippen molar-refractivity contribution in [2.75, 3.05) is 27.4 Å². The summed E-state index contributed by atoms with van der Waals surface area (Å²) >= 11 is 0. The zero-order valence-corrected chi connectivity index (χ0v) is 26.0. The van der Waals surface area contributed by atoms with Crippen LogP contribution in [0, 0.1) is 5.92 Å². The van der Waals surface area contributed by atoms with Crippen LogP contribution in [-0.2, 0) is 20.9 Å². The van der Waals surface area contributed by atoms with Crippen LogP contribution in [0.5, 0.6) is 17.2 Å². The maximum atomic E-state index is 13.4. The van der Waals surface area contributed by atoms with Gasteiger partial charge in [-0.05, 0) is 80.1 Å². The lowest BCUT2D eigenvalue weighted by molar-refractivity contribution is -0.146. The molecule has 0 bridgehead atoms. The zero-order chi connectivity index (χ0) is 31.7. The van der Waals surface area contributed by atoms with Gasteiger partial charge < -0.3 is 29.0 Å². The van der Waals surface area contributed by atoms with Crippen molar-refractivity contribution in [3.05, 3.63) is 89.5 Å². The third-order valence-corrected chi connectivity index (χ3v) is 7.21. The van der Waals surface area contributed by atoms with E-state index >= 15 is 0 Å². The van der Waals surface area contributed by atoms with Gasteiger partial charge in [-0.3, -0.25) is 9.59 Å². The van der Waals surface area contributed by atoms with E-state index in [1.807, 2.05) is 68.4 Å². The van der Waals surface area contributed by atoms with Gasteiger partial charge in [-0.2, -0.15) is 0 Å². The Hall–Kier alpha value is -4.53. The maximum absolute atomic E-state index is 13.4. The molecule has 3 aromatic rings. The Labute approximate surface area is 259 Å². The smallest absolute Gasteiger partial charge is 0.337 e. The Bertz CT molecular complexity index is 1330. The molecule has 9 heteroatoms. The second kappa shape index (κ2) is 18.2. The van der Waals surface area contributed by atoms with Crippen molar-refractivity contribution in [3.63, 3.8) is 0 Å². The van der Waals surface area contributed by atoms with Crippen LogP contribution in [-0.4, -0.2) is 51.3 Å². The monoisotopic (exact) mass is 605 g/mol. The molecule has 2 unspecified atom stereocenters. The SMILES string of the molecule is CCC(CC(CC)C(=O)OC)NC(=O)c1cc(C(=O)OC)ccc1OCc1ccc(OCCCCOc2ccccc2)cc1. The van der Waals surface area contributed by atoms with Gasteiger partial charge in [0.15, 0.2) is 0 Å². The topological polar surface area (TPSA) is 109 Å². The standard InChI is InChI=1S/C35H43NO8/c1-5-26(34(38)40-3)22-28(6-2)36-33(37)31-23-27(35(39)41-4)16-19-32(31)44-24-25-14-17-30(18-15-25)43-21-11-10-20-42-29-12-8-7-9-13-29/h7-9,12-19,23,26,28H,5-6,10-11,20-22,24H2,1-4H3,(H,36,37). The first-order valence-corrected chi connectivity index (χ1v) is 15.0. The fourth-order valence-electron chi connectivity index (χ4n) is 4.55. The second-order valence-electron chi connectivity index (χ2n) is 10.3. The molecule has 44 heavy (non-hydrogen) atoms. The highest BCUT2D eigenvalue weighted by molar-refractivity contribution is 6.00. The number of unbranched alkanes of at least 4 members (excludes halogenated alkanes) is 1. The Morgan fingerprint density at radius 2 is 1.41 bits per heavy atom. The van der Waals surface area contributed by atoms with Gasteiger partial charge in [0.2, 0.25) is 0 Å². The van der Waals surface area contributed by atoms with Crippen molar-refractivity contribution in [2.24, 2.45) is 5.92 Å². The molecule has 0 aliphatic heterocycles. The molecule has 0 saturated carbocycles. The van der Waals surface area contributed by atoms with E-state index < -0.39 is 11.9 Å². The molecule has 0 aliphatic rings. The summed E-state index contributed by atoms with van der Waals surface area (Å²) in [6.07, 6.45) is 3.40. The summed E-state index contributed by atoms with van der Waals surface area (Å²) in [6, 6.07) is 21.6. The molecule has 0 aromatic heterocycles. The van der Waals surface area contributed by atoms with E-state index in [1.54, 1.807) is 12.1 Å². The van der Waals surface area contributed by atoms with Crippen LogP contribution in [0.4, 0.5) is 0 Å². The first-order valence-electron chi connectivity index (χ1n) is 15.0. The van der Waals surface area contributed by atoms with E-state index in [0.717, 1.165) is 29.9 Å². The van der Waals surface area contributed by atoms with E-state index in [0.29, 0.717) is 38.2 Å². The van der Waals surface area contributed by atoms with Crippen molar-refractivity contribution in [1.29, 1.82) is 0 Å². The van der Waals surface area contributed by atoms with Gasteiger partial charge in [0, 0.05) is 6.04 Å². The number of benzene rings is 3. The molecule has 0 fully saturated rings. The van der Waals surface area contributed by atoms with E-state index in [-0.39, 0.29) is 35.7 Å². The van der Waals surface area contributed by atoms with Crippen molar-refractivity contribution in [3.8, 4) is 17.2 Å². The van der Waals surface area contributed by atoms with Crippen molar-refractivity contribution < 1.29 is 38.1 Å². The Morgan fingerprint density at radius 1 is 0.750 bits per heavy atom. The molecule has 2 atom stereocenters. The highest BCUT2D eigenvalue weighted by Crippen LogP contribution is 2.24. The quantitative estimate of drug-likeness (QED) is 0.131. The second-order valence-corrected chi connectivity index (χ2v) is 10.3. The summed E-state index contributed by atoms with van der Waals surface area (Å²) in [4.78, 5) is 37.7. The van der Waals surface area contributed by atoms with Crippen molar-refractivity contribution in [1.82, 2.24) is 5.32 Å². The number of rotatable bonds is 18. The average Bonchev–Trinajstić information content (AvgIpc) is 3.07. The Balaban J connectivity index is 1.57. The number of nitrogens with one attached hydrogen (secondary N) is 1. The van der Waals surface area contributed by atoms with Crippen molar-refractivity contribution >= 4 is 17.8 Å². The van der Waals surface area contributed by atoms with Gasteiger partial charge in [-0.25, -0.2) is 4.79 Å². The maximum Gasteiger partial charge on any atom is 0.337 e. The fraction of sp³-hybridized carbons (Fsp3) is 0.400. The molecule has 0 spiro atoms. The Morgan fingerprint density at radius 3 is 2.00 bits per heavy atom. The molecule has 0 heterocycles. The molecule has 1 N–H and O–H groups in total. The number of para-hydroxylation sites is 1. The molecule has 236 valence electrons. The highest BCUT2D eigenvalue weighted by Gasteiger charge is 2.24. The van der Waals surface area contributed by atoms with E-state index in [4.69, 9.17) is 23.7 Å². The number of esters is 2. The molecule has 3 aromatic carbocycles. The minimum atomic E-state index is -0.561. The van der Waals surface area contributed by atoms with Crippen LogP contribution in [0.15, 0.2) is 72.8 Å². The first-order chi connectivity index (χ1) is 21.4. The third-order valence-electron chi connectivity index (χ3n) is 7.21. The van der Waals surface area contributed by atoms with Crippen LogP contribution >= 0.6 is 0 Å². The number of ether oxygens (including phenoxy) is 5. The number of methoxy groups -OCH3 is 2. The predicted octanol–water partition coefficient (Wildman–Crippen LogP) is 6.39. The van der Waals surface area contributed by atoms with E-state index in [9.17, 15) is 14.4 Å². The van der Waals surface area contributed by atoms with Crippen molar-refractivity contribution in [2.45, 2.75) is 58.6 Å². The molecule has 9 nitrogen and oxygen atoms in total. The van der Waals surface area contributed by atoms with Crippen LogP contribution in [0.3, 0.4) is 0 Å². The first kappa shape index (κ1) is 34.0. The summed E-state index contributed by atoms with van der Waals surface area (Å²) in [7, 11) is 2.64. The minimum absolute atomic E-state index is 0.201. The lowest BCUT2D eigenvalue weighted by Crippen LogP contribution is -2.37. The van der Waals surface area contributed by atoms with Gasteiger partial charge in [-0.15, -0.1) is 0 Å². The molecule has 0 aliphatic carbocycles. The van der Waals surface area contributed by atoms with E-state index in [1.165, 1.54) is 20.3 Å². The summed E-state index contributed by atoms with van der Waals surface area (Å²) in [5.74, 6) is 0.337. The van der Waals surface area contributed by atoms with Gasteiger partial charge >= 0.3 is 11.9 Å². The molecule has 0 saturated heterocycles. The summed E-state index contributed by atoms with van der Waals surface area (Å²) in [6.45, 7) is 5.26. The minimum Gasteiger partial charge on any atom is -0.494 e. The molecule has 3 rings (SSSR count). The summed E-state index contributed by atoms with van der Waals surface area (Å²) < 4.78 is 27.4. The summed E-state index contributed by atoms with van der Waals surface area (Å²) in [5, 5.41) is 2.99. The van der Waals surface area contributed by atoms with E-state index in [2.05, 4.69) is 5.32 Å². The van der Waals surface area contributed by atoms with Gasteiger partial charge in [-0.1, -0.05) is 44.2 Å². The largest absolute Gasteiger partial charge is 0.494 e. The third kappa shape index (κ3) is 10.6. The fourth-order valence-corrected chi connectivity index (χ4v) is 4.55. The highest BCUT2D eigenvalue weighted by atomic mass is 16.5. The van der Waals surface area contributed by atoms with Crippen LogP contribution < -0.4 is 19.5 Å².